The Labute approximate surface area is 192 Å². The summed E-state index contributed by atoms with van der Waals surface area (Å²) < 4.78 is 7.48. The number of carbonyl (C=O) groups excluding carboxylic acids is 3. The third kappa shape index (κ3) is 4.81. The molecule has 0 spiro atoms. The molecule has 3 amide bonds. The summed E-state index contributed by atoms with van der Waals surface area (Å²) in [7, 11) is 0. The van der Waals surface area contributed by atoms with Crippen LogP contribution in [0.2, 0.25) is 0 Å². The highest BCUT2D eigenvalue weighted by Gasteiger charge is 2.37. The molecule has 2 aromatic rings. The Balaban J connectivity index is 1.46. The lowest BCUT2D eigenvalue weighted by Gasteiger charge is -2.28. The second kappa shape index (κ2) is 9.75. The molecule has 0 N–H and O–H groups in total. The predicted molar refractivity (Wildman–Crippen MR) is 124 cm³/mol. The molecule has 3 heterocycles. The molecule has 8 heteroatoms. The van der Waals surface area contributed by atoms with Crippen LogP contribution in [0.15, 0.2) is 41.3 Å². The number of nitrogens with zero attached hydrogens (tertiary/aromatic N) is 3. The van der Waals surface area contributed by atoms with E-state index in [0.29, 0.717) is 31.2 Å². The fourth-order valence-electron chi connectivity index (χ4n) is 4.03. The number of ether oxygens (including phenoxy) is 1. The summed E-state index contributed by atoms with van der Waals surface area (Å²) in [6, 6.07) is 12.3. The average molecular weight is 454 g/mol. The van der Waals surface area contributed by atoms with Crippen molar-refractivity contribution >= 4 is 34.9 Å². The summed E-state index contributed by atoms with van der Waals surface area (Å²) >= 11 is 0.893. The maximum atomic E-state index is 12.9. The number of imide groups is 1. The number of hydrogen-bond donors (Lipinski definition) is 0. The Morgan fingerprint density at radius 2 is 1.84 bits per heavy atom. The van der Waals surface area contributed by atoms with Crippen molar-refractivity contribution < 1.29 is 19.1 Å². The van der Waals surface area contributed by atoms with Gasteiger partial charge in [0, 0.05) is 31.0 Å². The molecule has 0 saturated carbocycles. The van der Waals surface area contributed by atoms with Gasteiger partial charge in [-0.25, -0.2) is 0 Å². The molecule has 0 unspecified atom stereocenters. The lowest BCUT2D eigenvalue weighted by atomic mass is 10.1. The topological polar surface area (TPSA) is 71.9 Å². The first-order chi connectivity index (χ1) is 15.4. The standard InChI is InChI=1S/C24H27N3O4S/c1-17-14-20(18(2)26(17)9-8-19-6-4-3-5-7-19)15-21-23(29)27(24(30)32-21)16-22(28)25-10-12-31-13-11-25/h3-7,14-15H,8-13,16H2,1-2H3/b21-15-. The number of rotatable bonds is 6. The number of aromatic nitrogens is 1. The quantitative estimate of drug-likeness (QED) is 0.628. The molecular formula is C24H27N3O4S. The molecule has 0 radical (unpaired) electrons. The van der Waals surface area contributed by atoms with Crippen molar-refractivity contribution in [3.05, 3.63) is 63.8 Å². The van der Waals surface area contributed by atoms with Gasteiger partial charge < -0.3 is 14.2 Å². The van der Waals surface area contributed by atoms with Gasteiger partial charge in [0.05, 0.1) is 18.1 Å². The molecule has 4 rings (SSSR count). The molecule has 0 bridgehead atoms. The molecule has 0 atom stereocenters. The van der Waals surface area contributed by atoms with Crippen molar-refractivity contribution in [2.24, 2.45) is 0 Å². The van der Waals surface area contributed by atoms with Crippen LogP contribution < -0.4 is 0 Å². The van der Waals surface area contributed by atoms with Gasteiger partial charge in [-0.05, 0) is 55.3 Å². The zero-order chi connectivity index (χ0) is 22.7. The van der Waals surface area contributed by atoms with Crippen LogP contribution in [0.4, 0.5) is 4.79 Å². The van der Waals surface area contributed by atoms with Gasteiger partial charge in [0.1, 0.15) is 6.54 Å². The van der Waals surface area contributed by atoms with E-state index in [2.05, 4.69) is 16.7 Å². The Morgan fingerprint density at radius 1 is 1.12 bits per heavy atom. The predicted octanol–water partition coefficient (Wildman–Crippen LogP) is 3.24. The summed E-state index contributed by atoms with van der Waals surface area (Å²) in [5.41, 5.74) is 4.34. The molecule has 7 nitrogen and oxygen atoms in total. The number of carbonyl (C=O) groups is 3. The third-order valence-corrected chi connectivity index (χ3v) is 6.80. The SMILES string of the molecule is Cc1cc(/C=C2\SC(=O)N(CC(=O)N3CCOCC3)C2=O)c(C)n1CCc1ccccc1. The van der Waals surface area contributed by atoms with Gasteiger partial charge in [-0.2, -0.15) is 0 Å². The van der Waals surface area contributed by atoms with E-state index in [1.54, 1.807) is 11.0 Å². The van der Waals surface area contributed by atoms with Crippen molar-refractivity contribution in [1.29, 1.82) is 0 Å². The molecule has 168 valence electrons. The third-order valence-electron chi connectivity index (χ3n) is 5.90. The molecule has 32 heavy (non-hydrogen) atoms. The van der Waals surface area contributed by atoms with Gasteiger partial charge in [0.2, 0.25) is 5.91 Å². The van der Waals surface area contributed by atoms with Crippen LogP contribution >= 0.6 is 11.8 Å². The minimum Gasteiger partial charge on any atom is -0.378 e. The van der Waals surface area contributed by atoms with Crippen LogP contribution in [0.3, 0.4) is 0 Å². The van der Waals surface area contributed by atoms with Crippen molar-refractivity contribution in [3.63, 3.8) is 0 Å². The van der Waals surface area contributed by atoms with Gasteiger partial charge in [-0.15, -0.1) is 0 Å². The van der Waals surface area contributed by atoms with E-state index in [1.807, 2.05) is 38.1 Å². The van der Waals surface area contributed by atoms with Crippen LogP contribution in [-0.4, -0.2) is 64.3 Å². The molecule has 2 fully saturated rings. The fourth-order valence-corrected chi connectivity index (χ4v) is 4.86. The van der Waals surface area contributed by atoms with Gasteiger partial charge in [0.25, 0.3) is 11.1 Å². The minimum absolute atomic E-state index is 0.224. The van der Waals surface area contributed by atoms with E-state index in [-0.39, 0.29) is 12.5 Å². The van der Waals surface area contributed by atoms with E-state index >= 15 is 0 Å². The normalized spacial score (nSPS) is 18.1. The summed E-state index contributed by atoms with van der Waals surface area (Å²) in [5.74, 6) is -0.633. The molecule has 2 aliphatic heterocycles. The van der Waals surface area contributed by atoms with Gasteiger partial charge in [-0.1, -0.05) is 30.3 Å². The average Bonchev–Trinajstić information content (AvgIpc) is 3.22. The first-order valence-electron chi connectivity index (χ1n) is 10.8. The number of aryl methyl sites for hydroxylation is 2. The number of hydrogen-bond acceptors (Lipinski definition) is 5. The Morgan fingerprint density at radius 3 is 2.56 bits per heavy atom. The monoisotopic (exact) mass is 453 g/mol. The van der Waals surface area contributed by atoms with Crippen molar-refractivity contribution in [2.45, 2.75) is 26.8 Å². The Kier molecular flexibility index (Phi) is 6.81. The maximum absolute atomic E-state index is 12.9. The van der Waals surface area contributed by atoms with E-state index in [1.165, 1.54) is 5.56 Å². The summed E-state index contributed by atoms with van der Waals surface area (Å²) in [4.78, 5) is 40.8. The van der Waals surface area contributed by atoms with Crippen molar-refractivity contribution in [1.82, 2.24) is 14.4 Å². The zero-order valence-corrected chi connectivity index (χ0v) is 19.2. The van der Waals surface area contributed by atoms with Crippen LogP contribution in [0.1, 0.15) is 22.5 Å². The summed E-state index contributed by atoms with van der Waals surface area (Å²) in [5, 5.41) is -0.402. The number of morpholine rings is 1. The fraction of sp³-hybridized carbons (Fsp3) is 0.375. The summed E-state index contributed by atoms with van der Waals surface area (Å²) in [6.45, 7) is 6.61. The molecule has 0 aliphatic carbocycles. The second-order valence-electron chi connectivity index (χ2n) is 7.97. The number of amides is 3. The minimum atomic E-state index is -0.407. The van der Waals surface area contributed by atoms with Gasteiger partial charge >= 0.3 is 0 Å². The highest BCUT2D eigenvalue weighted by Crippen LogP contribution is 2.33. The van der Waals surface area contributed by atoms with E-state index < -0.39 is 11.1 Å². The Hall–Kier alpha value is -2.84. The molecule has 1 aromatic heterocycles. The number of benzene rings is 1. The number of thioether (sulfide) groups is 1. The smallest absolute Gasteiger partial charge is 0.294 e. The van der Waals surface area contributed by atoms with Crippen LogP contribution in [0, 0.1) is 13.8 Å². The van der Waals surface area contributed by atoms with E-state index in [4.69, 9.17) is 4.74 Å². The second-order valence-corrected chi connectivity index (χ2v) is 8.97. The molecule has 1 aromatic carbocycles. The largest absolute Gasteiger partial charge is 0.378 e. The van der Waals surface area contributed by atoms with Gasteiger partial charge in [0.15, 0.2) is 0 Å². The highest BCUT2D eigenvalue weighted by molar-refractivity contribution is 8.18. The zero-order valence-electron chi connectivity index (χ0n) is 18.4. The Bertz CT molecular complexity index is 1050. The van der Waals surface area contributed by atoms with Crippen LogP contribution in [-0.2, 0) is 27.3 Å². The highest BCUT2D eigenvalue weighted by atomic mass is 32.2. The van der Waals surface area contributed by atoms with Crippen LogP contribution in [0.5, 0.6) is 0 Å². The van der Waals surface area contributed by atoms with Gasteiger partial charge in [-0.3, -0.25) is 19.3 Å². The lowest BCUT2D eigenvalue weighted by molar-refractivity contribution is -0.139. The lowest BCUT2D eigenvalue weighted by Crippen LogP contribution is -2.46. The molecule has 2 saturated heterocycles. The van der Waals surface area contributed by atoms with E-state index in [9.17, 15) is 14.4 Å². The van der Waals surface area contributed by atoms with E-state index in [0.717, 1.165) is 46.6 Å². The van der Waals surface area contributed by atoms with Crippen LogP contribution in [0.25, 0.3) is 6.08 Å². The van der Waals surface area contributed by atoms with Crippen molar-refractivity contribution in [3.8, 4) is 0 Å². The first-order valence-corrected chi connectivity index (χ1v) is 11.6. The molecule has 2 aliphatic rings. The van der Waals surface area contributed by atoms with Crippen molar-refractivity contribution in [2.75, 3.05) is 32.8 Å². The summed E-state index contributed by atoms with van der Waals surface area (Å²) in [6.07, 6.45) is 2.68. The molecular weight excluding hydrogens is 426 g/mol. The maximum Gasteiger partial charge on any atom is 0.294 e. The first kappa shape index (κ1) is 22.4.